The maximum atomic E-state index is 13.2. The molecular formula is C17H17ClF3N3O. The molecule has 1 amide bonds. The van der Waals surface area contributed by atoms with Gasteiger partial charge in [-0.25, -0.2) is 0 Å². The van der Waals surface area contributed by atoms with Crippen LogP contribution in [-0.2, 0) is 6.18 Å². The van der Waals surface area contributed by atoms with Crippen molar-refractivity contribution < 1.29 is 18.0 Å². The van der Waals surface area contributed by atoms with Gasteiger partial charge in [-0.1, -0.05) is 11.6 Å². The number of benzene rings is 1. The van der Waals surface area contributed by atoms with E-state index in [-0.39, 0.29) is 22.3 Å². The molecule has 0 radical (unpaired) electrons. The van der Waals surface area contributed by atoms with Crippen molar-refractivity contribution in [1.82, 2.24) is 9.88 Å². The summed E-state index contributed by atoms with van der Waals surface area (Å²) in [5.74, 6) is -0.228. The molecule has 0 aliphatic carbocycles. The van der Waals surface area contributed by atoms with Crippen LogP contribution in [0.5, 0.6) is 0 Å². The van der Waals surface area contributed by atoms with Crippen LogP contribution < -0.4 is 5.32 Å². The van der Waals surface area contributed by atoms with Gasteiger partial charge < -0.3 is 10.2 Å². The van der Waals surface area contributed by atoms with Gasteiger partial charge in [-0.2, -0.15) is 13.2 Å². The molecule has 0 atom stereocenters. The molecule has 25 heavy (non-hydrogen) atoms. The van der Waals surface area contributed by atoms with Crippen molar-refractivity contribution in [2.75, 3.05) is 18.4 Å². The quantitative estimate of drug-likeness (QED) is 0.806. The van der Waals surface area contributed by atoms with E-state index in [9.17, 15) is 18.0 Å². The van der Waals surface area contributed by atoms with Gasteiger partial charge in [0.05, 0.1) is 28.7 Å². The SMILES string of the molecule is CCN(CC)C(=O)c1cncc(Nc2ccc(Cl)cc2C(F)(F)F)c1. The molecule has 2 rings (SSSR count). The molecule has 0 saturated heterocycles. The molecule has 4 nitrogen and oxygen atoms in total. The number of pyridine rings is 1. The average molecular weight is 372 g/mol. The molecular weight excluding hydrogens is 355 g/mol. The maximum absolute atomic E-state index is 13.2. The molecule has 2 aromatic rings. The van der Waals surface area contributed by atoms with E-state index in [0.29, 0.717) is 18.7 Å². The number of hydrogen-bond donors (Lipinski definition) is 1. The van der Waals surface area contributed by atoms with E-state index < -0.39 is 11.7 Å². The summed E-state index contributed by atoms with van der Waals surface area (Å²) in [7, 11) is 0. The lowest BCUT2D eigenvalue weighted by molar-refractivity contribution is -0.136. The van der Waals surface area contributed by atoms with E-state index in [2.05, 4.69) is 10.3 Å². The van der Waals surface area contributed by atoms with Gasteiger partial charge in [-0.3, -0.25) is 9.78 Å². The standard InChI is InChI=1S/C17H17ClF3N3O/c1-3-24(4-2)16(25)11-7-13(10-22-9-11)23-15-6-5-12(18)8-14(15)17(19,20)21/h5-10,23H,3-4H2,1-2H3. The molecule has 0 bridgehead atoms. The highest BCUT2D eigenvalue weighted by Crippen LogP contribution is 2.37. The van der Waals surface area contributed by atoms with E-state index in [1.54, 1.807) is 4.90 Å². The second-order valence-electron chi connectivity index (χ2n) is 5.25. The number of alkyl halides is 3. The number of nitrogens with one attached hydrogen (secondary N) is 1. The number of aromatic nitrogens is 1. The van der Waals surface area contributed by atoms with E-state index in [1.165, 1.54) is 30.6 Å². The molecule has 0 spiro atoms. The van der Waals surface area contributed by atoms with Crippen LogP contribution in [0.25, 0.3) is 0 Å². The Labute approximate surface area is 148 Å². The van der Waals surface area contributed by atoms with Gasteiger partial charge in [0.1, 0.15) is 0 Å². The lowest BCUT2D eigenvalue weighted by atomic mass is 10.1. The summed E-state index contributed by atoms with van der Waals surface area (Å²) in [6, 6.07) is 4.92. The van der Waals surface area contributed by atoms with Crippen molar-refractivity contribution in [3.05, 3.63) is 52.8 Å². The van der Waals surface area contributed by atoms with Gasteiger partial charge in [-0.15, -0.1) is 0 Å². The smallest absolute Gasteiger partial charge is 0.354 e. The number of halogens is 4. The number of carbonyl (C=O) groups excluding carboxylic acids is 1. The van der Waals surface area contributed by atoms with Crippen LogP contribution in [-0.4, -0.2) is 28.9 Å². The molecule has 0 aliphatic heterocycles. The van der Waals surface area contributed by atoms with Gasteiger partial charge >= 0.3 is 6.18 Å². The van der Waals surface area contributed by atoms with Crippen LogP contribution in [0.15, 0.2) is 36.7 Å². The molecule has 1 N–H and O–H groups in total. The van der Waals surface area contributed by atoms with Crippen molar-refractivity contribution in [2.24, 2.45) is 0 Å². The van der Waals surface area contributed by atoms with Crippen LogP contribution in [0.3, 0.4) is 0 Å². The Morgan fingerprint density at radius 1 is 1.20 bits per heavy atom. The number of amides is 1. The minimum atomic E-state index is -4.56. The van der Waals surface area contributed by atoms with Gasteiger partial charge in [0.2, 0.25) is 0 Å². The predicted octanol–water partition coefficient (Wildman–Crippen LogP) is 4.98. The normalized spacial score (nSPS) is 11.3. The summed E-state index contributed by atoms with van der Waals surface area (Å²) in [5.41, 5.74) is -0.464. The minimum Gasteiger partial charge on any atom is -0.354 e. The molecule has 1 aromatic heterocycles. The first kappa shape index (κ1) is 19.1. The topological polar surface area (TPSA) is 45.2 Å². The van der Waals surface area contributed by atoms with E-state index in [4.69, 9.17) is 11.6 Å². The number of nitrogens with zero attached hydrogens (tertiary/aromatic N) is 2. The Hall–Kier alpha value is -2.28. The molecule has 0 fully saturated rings. The van der Waals surface area contributed by atoms with Crippen LogP contribution in [0, 0.1) is 0 Å². The Balaban J connectivity index is 2.34. The first-order valence-electron chi connectivity index (χ1n) is 7.64. The number of carbonyl (C=O) groups is 1. The fourth-order valence-corrected chi connectivity index (χ4v) is 2.51. The van der Waals surface area contributed by atoms with E-state index >= 15 is 0 Å². The molecule has 0 unspecified atom stereocenters. The Kier molecular flexibility index (Phi) is 5.89. The second kappa shape index (κ2) is 7.74. The van der Waals surface area contributed by atoms with Gasteiger partial charge in [0.25, 0.3) is 5.91 Å². The summed E-state index contributed by atoms with van der Waals surface area (Å²) in [6.07, 6.45) is -1.82. The zero-order valence-electron chi connectivity index (χ0n) is 13.7. The maximum Gasteiger partial charge on any atom is 0.418 e. The highest BCUT2D eigenvalue weighted by Gasteiger charge is 2.33. The summed E-state index contributed by atoms with van der Waals surface area (Å²) in [6.45, 7) is 4.76. The molecule has 134 valence electrons. The summed E-state index contributed by atoms with van der Waals surface area (Å²) in [4.78, 5) is 17.9. The van der Waals surface area contributed by atoms with Crippen LogP contribution in [0.1, 0.15) is 29.8 Å². The third-order valence-corrected chi connectivity index (χ3v) is 3.84. The molecule has 0 aliphatic rings. The van der Waals surface area contributed by atoms with Crippen LogP contribution in [0.4, 0.5) is 24.5 Å². The minimum absolute atomic E-state index is 0.0125. The van der Waals surface area contributed by atoms with Gasteiger partial charge in [-0.05, 0) is 38.1 Å². The van der Waals surface area contributed by atoms with Crippen molar-refractivity contribution >= 4 is 28.9 Å². The Morgan fingerprint density at radius 2 is 1.88 bits per heavy atom. The monoisotopic (exact) mass is 371 g/mol. The molecule has 1 heterocycles. The number of rotatable bonds is 5. The third kappa shape index (κ3) is 4.63. The van der Waals surface area contributed by atoms with Crippen molar-refractivity contribution in [3.8, 4) is 0 Å². The largest absolute Gasteiger partial charge is 0.418 e. The fourth-order valence-electron chi connectivity index (χ4n) is 2.33. The second-order valence-corrected chi connectivity index (χ2v) is 5.69. The lowest BCUT2D eigenvalue weighted by Gasteiger charge is -2.19. The van der Waals surface area contributed by atoms with E-state index in [1.807, 2.05) is 13.8 Å². The van der Waals surface area contributed by atoms with Crippen molar-refractivity contribution in [3.63, 3.8) is 0 Å². The molecule has 1 aromatic carbocycles. The summed E-state index contributed by atoms with van der Waals surface area (Å²) < 4.78 is 39.5. The predicted molar refractivity (Wildman–Crippen MR) is 91.2 cm³/mol. The highest BCUT2D eigenvalue weighted by molar-refractivity contribution is 6.30. The first-order chi connectivity index (χ1) is 11.8. The molecule has 8 heteroatoms. The Bertz CT molecular complexity index is 761. The highest BCUT2D eigenvalue weighted by atomic mass is 35.5. The van der Waals surface area contributed by atoms with Crippen LogP contribution in [0.2, 0.25) is 5.02 Å². The fraction of sp³-hybridized carbons (Fsp3) is 0.294. The van der Waals surface area contributed by atoms with Crippen molar-refractivity contribution in [1.29, 1.82) is 0 Å². The molecule has 0 saturated carbocycles. The average Bonchev–Trinajstić information content (AvgIpc) is 2.57. The Morgan fingerprint density at radius 3 is 2.48 bits per heavy atom. The lowest BCUT2D eigenvalue weighted by Crippen LogP contribution is -2.30. The zero-order chi connectivity index (χ0) is 18.6. The van der Waals surface area contributed by atoms with E-state index in [0.717, 1.165) is 6.07 Å². The first-order valence-corrected chi connectivity index (χ1v) is 8.02. The summed E-state index contributed by atoms with van der Waals surface area (Å²) in [5, 5.41) is 2.65. The third-order valence-electron chi connectivity index (χ3n) is 3.60. The van der Waals surface area contributed by atoms with Crippen LogP contribution >= 0.6 is 11.6 Å². The van der Waals surface area contributed by atoms with Gasteiger partial charge in [0.15, 0.2) is 0 Å². The zero-order valence-corrected chi connectivity index (χ0v) is 14.4. The number of anilines is 2. The van der Waals surface area contributed by atoms with Gasteiger partial charge in [0, 0.05) is 24.3 Å². The van der Waals surface area contributed by atoms with Crippen molar-refractivity contribution in [2.45, 2.75) is 20.0 Å². The number of hydrogen-bond acceptors (Lipinski definition) is 3. The summed E-state index contributed by atoms with van der Waals surface area (Å²) >= 11 is 5.67.